The third kappa shape index (κ3) is 5.41. The Bertz CT molecular complexity index is 1220. The number of aliphatic carboxylic acids is 1. The smallest absolute Gasteiger partial charge is 0.310 e. The van der Waals surface area contributed by atoms with Crippen LogP contribution in [0.5, 0.6) is 0 Å². The number of hydrogen-bond donors (Lipinski definition) is 1. The molecule has 1 aromatic heterocycles. The summed E-state index contributed by atoms with van der Waals surface area (Å²) in [5.74, 6) is -1.64. The second-order valence-corrected chi connectivity index (χ2v) is 9.90. The van der Waals surface area contributed by atoms with Gasteiger partial charge in [0.2, 0.25) is 0 Å². The average Bonchev–Trinajstić information content (AvgIpc) is 3.08. The Morgan fingerprint density at radius 1 is 1.37 bits per heavy atom. The van der Waals surface area contributed by atoms with Gasteiger partial charge in [-0.3, -0.25) is 28.6 Å². The zero-order chi connectivity index (χ0) is 25.9. The molecule has 2 aliphatic rings. The molecule has 12 heteroatoms. The first-order valence-electron chi connectivity index (χ1n) is 11.1. The number of carbonyl (C=O) groups excluding carboxylic acids is 2. The molecular weight excluding hydrogens is 492 g/mol. The molecule has 0 bridgehead atoms. The third-order valence-electron chi connectivity index (χ3n) is 6.01. The van der Waals surface area contributed by atoms with Crippen molar-refractivity contribution in [3.63, 3.8) is 0 Å². The largest absolute Gasteiger partial charge is 0.481 e. The topological polar surface area (TPSA) is 133 Å². The van der Waals surface area contributed by atoms with E-state index in [0.29, 0.717) is 42.9 Å². The van der Waals surface area contributed by atoms with E-state index in [1.165, 1.54) is 9.47 Å². The lowest BCUT2D eigenvalue weighted by atomic mass is 9.96. The summed E-state index contributed by atoms with van der Waals surface area (Å²) in [7, 11) is 1.56. The number of ether oxygens (including phenoxy) is 1. The molecular formula is C23H26N4O6S2. The number of anilines is 1. The van der Waals surface area contributed by atoms with E-state index in [9.17, 15) is 24.4 Å². The highest BCUT2D eigenvalue weighted by molar-refractivity contribution is 8.26. The maximum absolute atomic E-state index is 13.0. The van der Waals surface area contributed by atoms with Crippen molar-refractivity contribution in [1.29, 1.82) is 5.26 Å². The van der Waals surface area contributed by atoms with Gasteiger partial charge < -0.3 is 14.7 Å². The van der Waals surface area contributed by atoms with Crippen LogP contribution in [-0.2, 0) is 26.2 Å². The van der Waals surface area contributed by atoms with E-state index in [-0.39, 0.29) is 46.2 Å². The van der Waals surface area contributed by atoms with E-state index in [1.54, 1.807) is 27.0 Å². The lowest BCUT2D eigenvalue weighted by Gasteiger charge is -2.35. The molecule has 0 spiro atoms. The summed E-state index contributed by atoms with van der Waals surface area (Å²) in [6.07, 6.45) is 2.72. The molecule has 3 heterocycles. The Labute approximate surface area is 212 Å². The van der Waals surface area contributed by atoms with Crippen LogP contribution in [0.15, 0.2) is 9.70 Å². The van der Waals surface area contributed by atoms with Gasteiger partial charge in [-0.25, -0.2) is 0 Å². The van der Waals surface area contributed by atoms with E-state index in [2.05, 4.69) is 0 Å². The van der Waals surface area contributed by atoms with E-state index in [4.69, 9.17) is 22.1 Å². The molecule has 2 fully saturated rings. The van der Waals surface area contributed by atoms with Crippen LogP contribution in [0.1, 0.15) is 42.9 Å². The fraction of sp³-hybridized carbons (Fsp3) is 0.478. The molecule has 1 atom stereocenters. The highest BCUT2D eigenvalue weighted by atomic mass is 32.2. The first-order chi connectivity index (χ1) is 16.6. The van der Waals surface area contributed by atoms with Crippen LogP contribution in [0.2, 0.25) is 0 Å². The minimum Gasteiger partial charge on any atom is -0.481 e. The molecule has 0 radical (unpaired) electrons. The van der Waals surface area contributed by atoms with Gasteiger partial charge in [0.25, 0.3) is 11.5 Å². The molecule has 35 heavy (non-hydrogen) atoms. The minimum atomic E-state index is -1.04. The van der Waals surface area contributed by atoms with Gasteiger partial charge in [-0.15, -0.1) is 0 Å². The van der Waals surface area contributed by atoms with Gasteiger partial charge in [0, 0.05) is 32.2 Å². The van der Waals surface area contributed by atoms with Gasteiger partial charge in [0.1, 0.15) is 21.8 Å². The number of rotatable bonds is 7. The summed E-state index contributed by atoms with van der Waals surface area (Å²) in [4.78, 5) is 52.7. The summed E-state index contributed by atoms with van der Waals surface area (Å²) in [5, 5.41) is 18.6. The fourth-order valence-corrected chi connectivity index (χ4v) is 5.54. The lowest BCUT2D eigenvalue weighted by molar-refractivity contribution is -0.148. The summed E-state index contributed by atoms with van der Waals surface area (Å²) >= 11 is 6.32. The number of pyridine rings is 1. The van der Waals surface area contributed by atoms with Crippen molar-refractivity contribution in [3.05, 3.63) is 31.9 Å². The first-order valence-corrected chi connectivity index (χ1v) is 12.4. The van der Waals surface area contributed by atoms with Crippen molar-refractivity contribution in [3.8, 4) is 6.07 Å². The van der Waals surface area contributed by atoms with Gasteiger partial charge in [-0.1, -0.05) is 24.0 Å². The molecule has 2 saturated heterocycles. The zero-order valence-electron chi connectivity index (χ0n) is 19.7. The highest BCUT2D eigenvalue weighted by Crippen LogP contribution is 2.36. The molecule has 186 valence electrons. The Kier molecular flexibility index (Phi) is 8.34. The molecule has 1 N–H and O–H groups in total. The molecule has 1 unspecified atom stereocenters. The van der Waals surface area contributed by atoms with Crippen molar-refractivity contribution < 1.29 is 24.2 Å². The van der Waals surface area contributed by atoms with E-state index in [1.807, 2.05) is 11.0 Å². The Hall–Kier alpha value is -3.17. The number of carboxylic acid groups (broad SMARTS) is 1. The maximum Gasteiger partial charge on any atom is 0.310 e. The molecule has 10 nitrogen and oxygen atoms in total. The Balaban J connectivity index is 2.09. The number of nitriles is 1. The number of hydrogen-bond acceptors (Lipinski definition) is 9. The van der Waals surface area contributed by atoms with Gasteiger partial charge in [0.05, 0.1) is 23.9 Å². The molecule has 0 aliphatic carbocycles. The lowest BCUT2D eigenvalue weighted by Crippen LogP contribution is -2.42. The second kappa shape index (κ2) is 11.0. The molecule has 2 aliphatic heterocycles. The summed E-state index contributed by atoms with van der Waals surface area (Å²) < 4.78 is 6.81. The second-order valence-electron chi connectivity index (χ2n) is 8.23. The van der Waals surface area contributed by atoms with Crippen molar-refractivity contribution >= 4 is 58.0 Å². The number of carboxylic acids is 1. The summed E-state index contributed by atoms with van der Waals surface area (Å²) in [6, 6.07) is 1.96. The van der Waals surface area contributed by atoms with Crippen LogP contribution in [0.25, 0.3) is 6.08 Å². The van der Waals surface area contributed by atoms with Crippen LogP contribution in [0, 0.1) is 24.2 Å². The number of aromatic nitrogens is 1. The van der Waals surface area contributed by atoms with Gasteiger partial charge in [-0.05, 0) is 38.3 Å². The fourth-order valence-electron chi connectivity index (χ4n) is 4.25. The number of thioether (sulfide) groups is 1. The molecule has 1 amide bonds. The Morgan fingerprint density at radius 2 is 2.09 bits per heavy atom. The predicted octanol–water partition coefficient (Wildman–Crippen LogP) is 2.02. The molecule has 0 saturated carbocycles. The highest BCUT2D eigenvalue weighted by Gasteiger charge is 2.34. The van der Waals surface area contributed by atoms with Gasteiger partial charge in [-0.2, -0.15) is 5.26 Å². The standard InChI is InChI=1S/C23H26N4O6S2/c1-4-33-22(32)14-6-5-8-26(12-14)19-15(13(2)16(11-24)20(30)25(19)3)10-17-21(31)27(23(34)35-17)9-7-18(28)29/h10,14H,4-9,12H2,1-3H3,(H,28,29). The number of esters is 1. The van der Waals surface area contributed by atoms with Crippen LogP contribution in [0.3, 0.4) is 0 Å². The number of thiocarbonyl (C=S) groups is 1. The van der Waals surface area contributed by atoms with Crippen LogP contribution < -0.4 is 10.5 Å². The summed E-state index contributed by atoms with van der Waals surface area (Å²) in [6.45, 7) is 4.53. The van der Waals surface area contributed by atoms with Crippen LogP contribution in [0.4, 0.5) is 5.82 Å². The first kappa shape index (κ1) is 26.4. The number of carbonyl (C=O) groups is 3. The molecule has 1 aromatic rings. The normalized spacial score (nSPS) is 19.3. The molecule has 3 rings (SSSR count). The van der Waals surface area contributed by atoms with E-state index < -0.39 is 17.4 Å². The minimum absolute atomic E-state index is 0.0391. The van der Waals surface area contributed by atoms with Crippen molar-refractivity contribution in [1.82, 2.24) is 9.47 Å². The van der Waals surface area contributed by atoms with Crippen molar-refractivity contribution in [2.24, 2.45) is 13.0 Å². The van der Waals surface area contributed by atoms with Crippen LogP contribution >= 0.6 is 24.0 Å². The monoisotopic (exact) mass is 518 g/mol. The number of piperidine rings is 1. The van der Waals surface area contributed by atoms with Crippen molar-refractivity contribution in [2.75, 3.05) is 31.1 Å². The maximum atomic E-state index is 13.0. The van der Waals surface area contributed by atoms with Crippen molar-refractivity contribution in [2.45, 2.75) is 33.1 Å². The third-order valence-corrected chi connectivity index (χ3v) is 7.38. The number of amides is 1. The van der Waals surface area contributed by atoms with Crippen LogP contribution in [-0.4, -0.2) is 63.0 Å². The van der Waals surface area contributed by atoms with E-state index >= 15 is 0 Å². The van der Waals surface area contributed by atoms with Gasteiger partial charge in [0.15, 0.2) is 0 Å². The average molecular weight is 519 g/mol. The quantitative estimate of drug-likeness (QED) is 0.325. The van der Waals surface area contributed by atoms with E-state index in [0.717, 1.165) is 11.8 Å². The SMILES string of the molecule is CCOC(=O)C1CCCN(c2c(C=C3SC(=S)N(CCC(=O)O)C3=O)c(C)c(C#N)c(=O)n2C)C1. The summed E-state index contributed by atoms with van der Waals surface area (Å²) in [5.41, 5.74) is 0.416. The number of nitrogens with zero attached hydrogens (tertiary/aromatic N) is 4. The Morgan fingerprint density at radius 3 is 2.71 bits per heavy atom. The zero-order valence-corrected chi connectivity index (χ0v) is 21.3. The predicted molar refractivity (Wildman–Crippen MR) is 135 cm³/mol. The van der Waals surface area contributed by atoms with Gasteiger partial charge >= 0.3 is 11.9 Å². The molecule has 0 aromatic carbocycles.